The van der Waals surface area contributed by atoms with Crippen LogP contribution in [0, 0.1) is 0 Å². The van der Waals surface area contributed by atoms with E-state index in [9.17, 15) is 0 Å². The Morgan fingerprint density at radius 1 is 1.78 bits per heavy atom. The van der Waals surface area contributed by atoms with Crippen molar-refractivity contribution in [2.24, 2.45) is 12.8 Å². The van der Waals surface area contributed by atoms with Crippen LogP contribution in [-0.4, -0.2) is 16.1 Å². The molecule has 0 bridgehead atoms. The fraction of sp³-hybridized carbons (Fsp3) is 0.500. The van der Waals surface area contributed by atoms with Crippen LogP contribution in [0.5, 0.6) is 0 Å². The molecular formula is C6H11N3. The highest BCUT2D eigenvalue weighted by Crippen LogP contribution is 1.94. The fourth-order valence-corrected chi connectivity index (χ4v) is 0.773. The highest BCUT2D eigenvalue weighted by molar-refractivity contribution is 4.97. The predicted molar refractivity (Wildman–Crippen MR) is 36.0 cm³/mol. The Kier molecular flexibility index (Phi) is 1.85. The molecule has 1 rings (SSSR count). The molecular weight excluding hydrogens is 114 g/mol. The first-order valence-electron chi connectivity index (χ1n) is 3.00. The zero-order chi connectivity index (χ0) is 6.69. The molecule has 0 saturated heterocycles. The van der Waals surface area contributed by atoms with Gasteiger partial charge in [0.05, 0.1) is 6.33 Å². The third-order valence-electron chi connectivity index (χ3n) is 1.32. The van der Waals surface area contributed by atoms with Gasteiger partial charge >= 0.3 is 0 Å². The number of rotatable bonds is 2. The normalized spacial score (nSPS) is 10.0. The van der Waals surface area contributed by atoms with Gasteiger partial charge in [0.25, 0.3) is 0 Å². The monoisotopic (exact) mass is 125 g/mol. The van der Waals surface area contributed by atoms with Gasteiger partial charge in [-0.3, -0.25) is 0 Å². The Morgan fingerprint density at radius 2 is 2.56 bits per heavy atom. The number of hydrogen-bond donors (Lipinski definition) is 1. The van der Waals surface area contributed by atoms with Crippen LogP contribution in [0.3, 0.4) is 0 Å². The van der Waals surface area contributed by atoms with Gasteiger partial charge in [-0.15, -0.1) is 0 Å². The van der Waals surface area contributed by atoms with E-state index < -0.39 is 0 Å². The molecule has 0 radical (unpaired) electrons. The van der Waals surface area contributed by atoms with Gasteiger partial charge in [0, 0.05) is 25.4 Å². The van der Waals surface area contributed by atoms with Crippen LogP contribution in [0.4, 0.5) is 0 Å². The minimum absolute atomic E-state index is 0.694. The molecule has 9 heavy (non-hydrogen) atoms. The van der Waals surface area contributed by atoms with Crippen LogP contribution in [0.1, 0.15) is 5.69 Å². The number of nitrogens with two attached hydrogens (primary N) is 1. The van der Waals surface area contributed by atoms with Crippen LogP contribution in [0.25, 0.3) is 0 Å². The van der Waals surface area contributed by atoms with Gasteiger partial charge in [-0.25, -0.2) is 4.98 Å². The molecule has 2 N–H and O–H groups in total. The summed E-state index contributed by atoms with van der Waals surface area (Å²) in [6.45, 7) is 0.694. The first-order chi connectivity index (χ1) is 4.34. The van der Waals surface area contributed by atoms with Gasteiger partial charge in [0.15, 0.2) is 0 Å². The molecule has 0 aliphatic carbocycles. The van der Waals surface area contributed by atoms with E-state index in [1.165, 1.54) is 5.69 Å². The molecule has 0 atom stereocenters. The summed E-state index contributed by atoms with van der Waals surface area (Å²) in [5.74, 6) is 0. The van der Waals surface area contributed by atoms with Crippen LogP contribution in [0.2, 0.25) is 0 Å². The zero-order valence-electron chi connectivity index (χ0n) is 5.54. The maximum atomic E-state index is 5.35. The Hall–Kier alpha value is -0.830. The van der Waals surface area contributed by atoms with E-state index in [0.717, 1.165) is 6.42 Å². The standard InChI is InChI=1S/C6H11N3/c1-9-5-8-4-6(9)2-3-7/h4-5H,2-3,7H2,1H3. The summed E-state index contributed by atoms with van der Waals surface area (Å²) in [4.78, 5) is 3.95. The molecule has 50 valence electrons. The second kappa shape index (κ2) is 2.64. The first kappa shape index (κ1) is 6.29. The van der Waals surface area contributed by atoms with Gasteiger partial charge in [-0.2, -0.15) is 0 Å². The van der Waals surface area contributed by atoms with E-state index >= 15 is 0 Å². The van der Waals surface area contributed by atoms with Crippen molar-refractivity contribution >= 4 is 0 Å². The van der Waals surface area contributed by atoms with Crippen molar-refractivity contribution in [2.45, 2.75) is 6.42 Å². The fourth-order valence-electron chi connectivity index (χ4n) is 0.773. The van der Waals surface area contributed by atoms with E-state index in [2.05, 4.69) is 4.98 Å². The van der Waals surface area contributed by atoms with E-state index in [4.69, 9.17) is 5.73 Å². The molecule has 0 fully saturated rings. The molecule has 0 aromatic carbocycles. The molecule has 0 spiro atoms. The number of aromatic nitrogens is 2. The van der Waals surface area contributed by atoms with Crippen molar-refractivity contribution in [1.82, 2.24) is 9.55 Å². The van der Waals surface area contributed by atoms with E-state index in [1.54, 1.807) is 6.33 Å². The lowest BCUT2D eigenvalue weighted by atomic mass is 10.3. The molecule has 3 heteroatoms. The third-order valence-corrected chi connectivity index (χ3v) is 1.32. The SMILES string of the molecule is Cn1cncc1CCN. The summed E-state index contributed by atoms with van der Waals surface area (Å²) in [5.41, 5.74) is 6.54. The van der Waals surface area contributed by atoms with Gasteiger partial charge in [0.1, 0.15) is 0 Å². The minimum atomic E-state index is 0.694. The van der Waals surface area contributed by atoms with Crippen molar-refractivity contribution in [3.8, 4) is 0 Å². The second-order valence-electron chi connectivity index (χ2n) is 2.03. The summed E-state index contributed by atoms with van der Waals surface area (Å²) in [6.07, 6.45) is 4.54. The largest absolute Gasteiger partial charge is 0.338 e. The van der Waals surface area contributed by atoms with Gasteiger partial charge in [-0.1, -0.05) is 0 Å². The van der Waals surface area contributed by atoms with Crippen LogP contribution >= 0.6 is 0 Å². The third kappa shape index (κ3) is 1.29. The van der Waals surface area contributed by atoms with Crippen LogP contribution < -0.4 is 5.73 Å². The predicted octanol–water partition coefficient (Wildman–Crippen LogP) is -0.0787. The summed E-state index contributed by atoms with van der Waals surface area (Å²) >= 11 is 0. The van der Waals surface area contributed by atoms with E-state index in [0.29, 0.717) is 6.54 Å². The average molecular weight is 125 g/mol. The number of aryl methyl sites for hydroxylation is 1. The van der Waals surface area contributed by atoms with Gasteiger partial charge in [-0.05, 0) is 6.54 Å². The number of hydrogen-bond acceptors (Lipinski definition) is 2. The maximum absolute atomic E-state index is 5.35. The van der Waals surface area contributed by atoms with Gasteiger partial charge in [0.2, 0.25) is 0 Å². The number of imidazole rings is 1. The topological polar surface area (TPSA) is 43.8 Å². The Balaban J connectivity index is 2.69. The Labute approximate surface area is 54.5 Å². The number of nitrogens with zero attached hydrogens (tertiary/aromatic N) is 2. The molecule has 1 aromatic heterocycles. The summed E-state index contributed by atoms with van der Waals surface area (Å²) in [7, 11) is 1.97. The lowest BCUT2D eigenvalue weighted by Gasteiger charge is -1.96. The lowest BCUT2D eigenvalue weighted by Crippen LogP contribution is -2.05. The summed E-state index contributed by atoms with van der Waals surface area (Å²) < 4.78 is 1.98. The summed E-state index contributed by atoms with van der Waals surface area (Å²) in [5, 5.41) is 0. The van der Waals surface area contributed by atoms with Crippen LogP contribution in [-0.2, 0) is 13.5 Å². The molecule has 3 nitrogen and oxygen atoms in total. The summed E-state index contributed by atoms with van der Waals surface area (Å²) in [6, 6.07) is 0. The minimum Gasteiger partial charge on any atom is -0.338 e. The maximum Gasteiger partial charge on any atom is 0.0945 e. The Morgan fingerprint density at radius 3 is 3.00 bits per heavy atom. The molecule has 0 aliphatic heterocycles. The molecule has 0 amide bonds. The molecule has 0 aliphatic rings. The quantitative estimate of drug-likeness (QED) is 0.601. The molecule has 1 aromatic rings. The molecule has 0 unspecified atom stereocenters. The van der Waals surface area contributed by atoms with Crippen molar-refractivity contribution < 1.29 is 0 Å². The van der Waals surface area contributed by atoms with E-state index in [1.807, 2.05) is 17.8 Å². The average Bonchev–Trinajstić information content (AvgIpc) is 2.18. The van der Waals surface area contributed by atoms with Crippen molar-refractivity contribution in [3.63, 3.8) is 0 Å². The second-order valence-corrected chi connectivity index (χ2v) is 2.03. The van der Waals surface area contributed by atoms with E-state index in [-0.39, 0.29) is 0 Å². The molecule has 1 heterocycles. The lowest BCUT2D eigenvalue weighted by molar-refractivity contribution is 0.804. The molecule has 0 saturated carbocycles. The Bertz CT molecular complexity index is 180. The highest BCUT2D eigenvalue weighted by Gasteiger charge is 1.93. The first-order valence-corrected chi connectivity index (χ1v) is 3.00. The van der Waals surface area contributed by atoms with Crippen molar-refractivity contribution in [1.29, 1.82) is 0 Å². The smallest absolute Gasteiger partial charge is 0.0945 e. The van der Waals surface area contributed by atoms with Crippen molar-refractivity contribution in [2.75, 3.05) is 6.54 Å². The zero-order valence-corrected chi connectivity index (χ0v) is 5.54. The highest BCUT2D eigenvalue weighted by atomic mass is 15.0. The van der Waals surface area contributed by atoms with Crippen LogP contribution in [0.15, 0.2) is 12.5 Å². The van der Waals surface area contributed by atoms with Gasteiger partial charge < -0.3 is 10.3 Å². The van der Waals surface area contributed by atoms with Crippen molar-refractivity contribution in [3.05, 3.63) is 18.2 Å².